The van der Waals surface area contributed by atoms with Gasteiger partial charge in [-0.1, -0.05) is 0 Å². The highest BCUT2D eigenvalue weighted by Gasteiger charge is 2.14. The van der Waals surface area contributed by atoms with Crippen molar-refractivity contribution in [3.05, 3.63) is 53.6 Å². The van der Waals surface area contributed by atoms with E-state index in [0.717, 1.165) is 12.1 Å². The van der Waals surface area contributed by atoms with E-state index in [1.165, 1.54) is 18.3 Å². The van der Waals surface area contributed by atoms with E-state index in [0.29, 0.717) is 0 Å². The molecule has 0 saturated carbocycles. The van der Waals surface area contributed by atoms with Crippen LogP contribution in [0.4, 0.5) is 15.8 Å². The number of nitrogen functional groups attached to an aromatic ring is 1. The summed E-state index contributed by atoms with van der Waals surface area (Å²) in [4.78, 5) is 26.3. The fourth-order valence-electron chi connectivity index (χ4n) is 1.54. The van der Waals surface area contributed by atoms with Crippen molar-refractivity contribution in [2.24, 2.45) is 0 Å². The minimum atomic E-state index is -1.25. The lowest BCUT2D eigenvalue weighted by atomic mass is 10.2. The molecule has 4 N–H and O–H groups in total. The number of rotatable bonds is 3. The van der Waals surface area contributed by atoms with Gasteiger partial charge >= 0.3 is 5.97 Å². The molecule has 0 fully saturated rings. The molecule has 0 unspecified atom stereocenters. The van der Waals surface area contributed by atoms with Crippen molar-refractivity contribution in [1.82, 2.24) is 4.98 Å². The lowest BCUT2D eigenvalue weighted by Crippen LogP contribution is -2.16. The van der Waals surface area contributed by atoms with E-state index in [1.54, 1.807) is 6.07 Å². The number of aromatic carboxylic acids is 1. The van der Waals surface area contributed by atoms with Gasteiger partial charge in [-0.05, 0) is 30.3 Å². The Labute approximate surface area is 113 Å². The van der Waals surface area contributed by atoms with Gasteiger partial charge in [0, 0.05) is 6.20 Å². The number of aromatic nitrogens is 1. The van der Waals surface area contributed by atoms with Gasteiger partial charge in [0.15, 0.2) is 5.69 Å². The summed E-state index contributed by atoms with van der Waals surface area (Å²) in [6.45, 7) is 0. The van der Waals surface area contributed by atoms with Gasteiger partial charge in [-0.15, -0.1) is 0 Å². The summed E-state index contributed by atoms with van der Waals surface area (Å²) in [7, 11) is 0. The first-order valence-electron chi connectivity index (χ1n) is 5.53. The Kier molecular flexibility index (Phi) is 3.60. The van der Waals surface area contributed by atoms with E-state index in [4.69, 9.17) is 10.8 Å². The quantitative estimate of drug-likeness (QED) is 0.791. The van der Waals surface area contributed by atoms with Gasteiger partial charge in [0.2, 0.25) is 0 Å². The lowest BCUT2D eigenvalue weighted by Gasteiger charge is -2.07. The summed E-state index contributed by atoms with van der Waals surface area (Å²) >= 11 is 0. The predicted molar refractivity (Wildman–Crippen MR) is 70.0 cm³/mol. The number of carbonyl (C=O) groups excluding carboxylic acids is 1. The molecule has 0 saturated heterocycles. The number of hydrogen-bond donors (Lipinski definition) is 3. The SMILES string of the molecule is Nc1cccnc1C(=O)Nc1ccc(C(=O)O)cc1F. The monoisotopic (exact) mass is 275 g/mol. The third kappa shape index (κ3) is 2.72. The van der Waals surface area contributed by atoms with Gasteiger partial charge in [-0.2, -0.15) is 0 Å². The zero-order valence-electron chi connectivity index (χ0n) is 10.1. The molecular weight excluding hydrogens is 265 g/mol. The van der Waals surface area contributed by atoms with Gasteiger partial charge in [-0.3, -0.25) is 4.79 Å². The number of carboxylic acids is 1. The van der Waals surface area contributed by atoms with Crippen molar-refractivity contribution < 1.29 is 19.1 Å². The first-order valence-corrected chi connectivity index (χ1v) is 5.53. The summed E-state index contributed by atoms with van der Waals surface area (Å²) in [6.07, 6.45) is 1.38. The third-order valence-corrected chi connectivity index (χ3v) is 2.52. The fourth-order valence-corrected chi connectivity index (χ4v) is 1.54. The highest BCUT2D eigenvalue weighted by molar-refractivity contribution is 6.06. The molecular formula is C13H10FN3O3. The highest BCUT2D eigenvalue weighted by Crippen LogP contribution is 2.17. The summed E-state index contributed by atoms with van der Waals surface area (Å²) in [5, 5.41) is 11.0. The Hall–Kier alpha value is -2.96. The molecule has 0 aliphatic carbocycles. The summed E-state index contributed by atoms with van der Waals surface area (Å²) in [5.41, 5.74) is 5.35. The molecule has 0 atom stereocenters. The number of nitrogens with two attached hydrogens (primary N) is 1. The molecule has 0 aliphatic heterocycles. The minimum Gasteiger partial charge on any atom is -0.478 e. The molecule has 1 aromatic heterocycles. The van der Waals surface area contributed by atoms with Gasteiger partial charge in [0.05, 0.1) is 16.9 Å². The van der Waals surface area contributed by atoms with Crippen molar-refractivity contribution in [2.45, 2.75) is 0 Å². The molecule has 2 rings (SSSR count). The van der Waals surface area contributed by atoms with E-state index < -0.39 is 17.7 Å². The molecule has 1 heterocycles. The Balaban J connectivity index is 2.25. The third-order valence-electron chi connectivity index (χ3n) is 2.52. The second-order valence-electron chi connectivity index (χ2n) is 3.90. The van der Waals surface area contributed by atoms with E-state index in [-0.39, 0.29) is 22.6 Å². The lowest BCUT2D eigenvalue weighted by molar-refractivity contribution is 0.0696. The van der Waals surface area contributed by atoms with Gasteiger partial charge in [0.25, 0.3) is 5.91 Å². The van der Waals surface area contributed by atoms with Crippen LogP contribution in [-0.2, 0) is 0 Å². The Morgan fingerprint density at radius 2 is 2.05 bits per heavy atom. The van der Waals surface area contributed by atoms with Crippen LogP contribution in [0.5, 0.6) is 0 Å². The Bertz CT molecular complexity index is 688. The smallest absolute Gasteiger partial charge is 0.335 e. The van der Waals surface area contributed by atoms with Crippen LogP contribution in [0, 0.1) is 5.82 Å². The number of carboxylic acid groups (broad SMARTS) is 1. The molecule has 2 aromatic rings. The number of anilines is 2. The molecule has 0 radical (unpaired) electrons. The van der Waals surface area contributed by atoms with E-state index >= 15 is 0 Å². The van der Waals surface area contributed by atoms with E-state index in [9.17, 15) is 14.0 Å². The van der Waals surface area contributed by atoms with Crippen LogP contribution in [0.25, 0.3) is 0 Å². The standard InChI is InChI=1S/C13H10FN3O3/c14-8-6-7(13(19)20)3-4-10(8)17-12(18)11-9(15)2-1-5-16-11/h1-6H,15H2,(H,17,18)(H,19,20). The number of pyridine rings is 1. The summed E-state index contributed by atoms with van der Waals surface area (Å²) in [6, 6.07) is 6.22. The number of nitrogens with one attached hydrogen (secondary N) is 1. The molecule has 1 aromatic carbocycles. The van der Waals surface area contributed by atoms with Crippen LogP contribution in [0.2, 0.25) is 0 Å². The predicted octanol–water partition coefficient (Wildman–Crippen LogP) is 1.75. The molecule has 1 amide bonds. The number of hydrogen-bond acceptors (Lipinski definition) is 4. The largest absolute Gasteiger partial charge is 0.478 e. The van der Waals surface area contributed by atoms with Crippen LogP contribution in [0.1, 0.15) is 20.8 Å². The molecule has 20 heavy (non-hydrogen) atoms. The molecule has 0 bridgehead atoms. The maximum atomic E-state index is 13.7. The van der Waals surface area contributed by atoms with Crippen LogP contribution < -0.4 is 11.1 Å². The van der Waals surface area contributed by atoms with Gasteiger partial charge in [0.1, 0.15) is 5.82 Å². The number of benzene rings is 1. The molecule has 0 aliphatic rings. The molecule has 6 nitrogen and oxygen atoms in total. The Morgan fingerprint density at radius 3 is 2.65 bits per heavy atom. The van der Waals surface area contributed by atoms with Crippen molar-refractivity contribution in [3.63, 3.8) is 0 Å². The van der Waals surface area contributed by atoms with Crippen molar-refractivity contribution >= 4 is 23.3 Å². The number of carbonyl (C=O) groups is 2. The van der Waals surface area contributed by atoms with Crippen LogP contribution in [0.3, 0.4) is 0 Å². The van der Waals surface area contributed by atoms with E-state index in [2.05, 4.69) is 10.3 Å². The van der Waals surface area contributed by atoms with Crippen LogP contribution in [-0.4, -0.2) is 22.0 Å². The molecule has 102 valence electrons. The number of amides is 1. The average Bonchev–Trinajstić information content (AvgIpc) is 2.41. The first-order chi connectivity index (χ1) is 9.49. The van der Waals surface area contributed by atoms with Crippen LogP contribution >= 0.6 is 0 Å². The fraction of sp³-hybridized carbons (Fsp3) is 0. The normalized spacial score (nSPS) is 10.1. The first kappa shape index (κ1) is 13.5. The van der Waals surface area contributed by atoms with Crippen molar-refractivity contribution in [3.8, 4) is 0 Å². The topological polar surface area (TPSA) is 105 Å². The summed E-state index contributed by atoms with van der Waals surface area (Å²) in [5.74, 6) is -2.78. The molecule has 0 spiro atoms. The second-order valence-corrected chi connectivity index (χ2v) is 3.90. The molecule has 7 heteroatoms. The highest BCUT2D eigenvalue weighted by atomic mass is 19.1. The summed E-state index contributed by atoms with van der Waals surface area (Å²) < 4.78 is 13.7. The zero-order valence-corrected chi connectivity index (χ0v) is 10.1. The number of nitrogens with zero attached hydrogens (tertiary/aromatic N) is 1. The van der Waals surface area contributed by atoms with Gasteiger partial charge in [-0.25, -0.2) is 14.2 Å². The van der Waals surface area contributed by atoms with Crippen LogP contribution in [0.15, 0.2) is 36.5 Å². The van der Waals surface area contributed by atoms with Crippen molar-refractivity contribution in [2.75, 3.05) is 11.1 Å². The van der Waals surface area contributed by atoms with Gasteiger partial charge < -0.3 is 16.2 Å². The second kappa shape index (κ2) is 5.35. The maximum absolute atomic E-state index is 13.7. The maximum Gasteiger partial charge on any atom is 0.335 e. The Morgan fingerprint density at radius 1 is 1.30 bits per heavy atom. The average molecular weight is 275 g/mol. The number of halogens is 1. The zero-order chi connectivity index (χ0) is 14.7. The minimum absolute atomic E-state index is 0.0331. The van der Waals surface area contributed by atoms with E-state index in [1.807, 2.05) is 0 Å². The van der Waals surface area contributed by atoms with Crippen molar-refractivity contribution in [1.29, 1.82) is 0 Å².